The molecular formula is C9H9Cl2NO. The van der Waals surface area contributed by atoms with Crippen molar-refractivity contribution in [1.82, 2.24) is 5.32 Å². The van der Waals surface area contributed by atoms with E-state index in [-0.39, 0.29) is 6.04 Å². The van der Waals surface area contributed by atoms with Crippen molar-refractivity contribution in [2.24, 2.45) is 0 Å². The van der Waals surface area contributed by atoms with Crippen LogP contribution < -0.4 is 5.32 Å². The third-order valence-corrected chi connectivity index (χ3v) is 2.50. The second kappa shape index (κ2) is 4.49. The Morgan fingerprint density at radius 1 is 1.38 bits per heavy atom. The van der Waals surface area contributed by atoms with Crippen molar-refractivity contribution >= 4 is 29.6 Å². The lowest BCUT2D eigenvalue weighted by molar-refractivity contribution is -0.110. The maximum absolute atomic E-state index is 10.2. The molecule has 1 atom stereocenters. The smallest absolute Gasteiger partial charge is 0.207 e. The maximum Gasteiger partial charge on any atom is 0.207 e. The van der Waals surface area contributed by atoms with Gasteiger partial charge in [0, 0.05) is 0 Å². The van der Waals surface area contributed by atoms with Gasteiger partial charge in [-0.25, -0.2) is 0 Å². The van der Waals surface area contributed by atoms with Crippen molar-refractivity contribution < 1.29 is 4.79 Å². The fourth-order valence-corrected chi connectivity index (χ4v) is 1.29. The van der Waals surface area contributed by atoms with Crippen LogP contribution in [0.1, 0.15) is 18.5 Å². The summed E-state index contributed by atoms with van der Waals surface area (Å²) in [6, 6.07) is 5.23. The van der Waals surface area contributed by atoms with Crippen molar-refractivity contribution in [3.8, 4) is 0 Å². The molecule has 0 saturated carbocycles. The molecule has 0 saturated heterocycles. The summed E-state index contributed by atoms with van der Waals surface area (Å²) in [4.78, 5) is 10.2. The topological polar surface area (TPSA) is 29.1 Å². The number of benzene rings is 1. The van der Waals surface area contributed by atoms with Gasteiger partial charge in [0.2, 0.25) is 6.41 Å². The molecular weight excluding hydrogens is 209 g/mol. The number of halogens is 2. The van der Waals surface area contributed by atoms with Crippen LogP contribution in [0.3, 0.4) is 0 Å². The minimum absolute atomic E-state index is 0.0488. The van der Waals surface area contributed by atoms with E-state index in [9.17, 15) is 4.79 Å². The zero-order valence-electron chi connectivity index (χ0n) is 7.05. The standard InChI is InChI=1S/C9H9Cl2NO/c1-6(12-5-13)7-2-3-8(10)9(11)4-7/h2-6H,1H3,(H,12,13)/t6-/m1/s1. The van der Waals surface area contributed by atoms with Gasteiger partial charge in [0.25, 0.3) is 0 Å². The van der Waals surface area contributed by atoms with E-state index in [4.69, 9.17) is 23.2 Å². The SMILES string of the molecule is C[C@@H](NC=O)c1ccc(Cl)c(Cl)c1. The molecule has 0 heterocycles. The molecule has 0 aliphatic heterocycles. The molecule has 13 heavy (non-hydrogen) atoms. The van der Waals surface area contributed by atoms with E-state index in [0.29, 0.717) is 16.5 Å². The monoisotopic (exact) mass is 217 g/mol. The van der Waals surface area contributed by atoms with E-state index in [1.807, 2.05) is 13.0 Å². The van der Waals surface area contributed by atoms with Gasteiger partial charge < -0.3 is 5.32 Å². The molecule has 0 unspecified atom stereocenters. The highest BCUT2D eigenvalue weighted by Crippen LogP contribution is 2.25. The zero-order valence-corrected chi connectivity index (χ0v) is 8.56. The first-order chi connectivity index (χ1) is 6.15. The third-order valence-electron chi connectivity index (χ3n) is 1.76. The van der Waals surface area contributed by atoms with Crippen molar-refractivity contribution in [1.29, 1.82) is 0 Å². The number of hydrogen-bond donors (Lipinski definition) is 1. The Hall–Kier alpha value is -0.730. The molecule has 1 amide bonds. The Morgan fingerprint density at radius 2 is 2.08 bits per heavy atom. The molecule has 0 bridgehead atoms. The summed E-state index contributed by atoms with van der Waals surface area (Å²) < 4.78 is 0. The van der Waals surface area contributed by atoms with Gasteiger partial charge in [0.05, 0.1) is 16.1 Å². The van der Waals surface area contributed by atoms with Gasteiger partial charge in [0.1, 0.15) is 0 Å². The van der Waals surface area contributed by atoms with Gasteiger partial charge in [-0.3, -0.25) is 4.79 Å². The number of nitrogens with one attached hydrogen (secondary N) is 1. The summed E-state index contributed by atoms with van der Waals surface area (Å²) in [5.41, 5.74) is 0.932. The Bertz CT molecular complexity index is 314. The van der Waals surface area contributed by atoms with E-state index < -0.39 is 0 Å². The summed E-state index contributed by atoms with van der Waals surface area (Å²) in [7, 11) is 0. The predicted molar refractivity (Wildman–Crippen MR) is 54.1 cm³/mol. The molecule has 0 radical (unpaired) electrons. The quantitative estimate of drug-likeness (QED) is 0.776. The van der Waals surface area contributed by atoms with Crippen LogP contribution in [-0.2, 0) is 4.79 Å². The lowest BCUT2D eigenvalue weighted by Crippen LogP contribution is -2.15. The van der Waals surface area contributed by atoms with Gasteiger partial charge in [-0.2, -0.15) is 0 Å². The molecule has 1 aromatic carbocycles. The number of carbonyl (C=O) groups excluding carboxylic acids is 1. The minimum atomic E-state index is -0.0488. The minimum Gasteiger partial charge on any atom is -0.352 e. The van der Waals surface area contributed by atoms with Gasteiger partial charge >= 0.3 is 0 Å². The lowest BCUT2D eigenvalue weighted by Gasteiger charge is -2.10. The highest BCUT2D eigenvalue weighted by Gasteiger charge is 2.05. The van der Waals surface area contributed by atoms with Gasteiger partial charge in [0.15, 0.2) is 0 Å². The molecule has 0 aliphatic rings. The molecule has 1 rings (SSSR count). The highest BCUT2D eigenvalue weighted by molar-refractivity contribution is 6.42. The van der Waals surface area contributed by atoms with E-state index in [1.54, 1.807) is 12.1 Å². The molecule has 0 aliphatic carbocycles. The fourth-order valence-electron chi connectivity index (χ4n) is 0.980. The maximum atomic E-state index is 10.2. The van der Waals surface area contributed by atoms with Crippen LogP contribution in [0.15, 0.2) is 18.2 Å². The first-order valence-corrected chi connectivity index (χ1v) is 4.55. The number of carbonyl (C=O) groups is 1. The summed E-state index contributed by atoms with van der Waals surface area (Å²) in [6.45, 7) is 1.87. The summed E-state index contributed by atoms with van der Waals surface area (Å²) in [6.07, 6.45) is 0.660. The van der Waals surface area contributed by atoms with Crippen molar-refractivity contribution in [2.75, 3.05) is 0 Å². The average molecular weight is 218 g/mol. The molecule has 1 N–H and O–H groups in total. The van der Waals surface area contributed by atoms with E-state index in [1.165, 1.54) is 0 Å². The highest BCUT2D eigenvalue weighted by atomic mass is 35.5. The second-order valence-electron chi connectivity index (χ2n) is 2.68. The van der Waals surface area contributed by atoms with Crippen molar-refractivity contribution in [3.63, 3.8) is 0 Å². The summed E-state index contributed by atoms with van der Waals surface area (Å²) in [5, 5.41) is 3.64. The van der Waals surface area contributed by atoms with E-state index >= 15 is 0 Å². The van der Waals surface area contributed by atoms with Crippen LogP contribution in [0.5, 0.6) is 0 Å². The number of rotatable bonds is 3. The molecule has 70 valence electrons. The molecule has 0 aromatic heterocycles. The molecule has 0 spiro atoms. The first-order valence-electron chi connectivity index (χ1n) is 3.80. The molecule has 0 fully saturated rings. The van der Waals surface area contributed by atoms with Crippen LogP contribution in [-0.4, -0.2) is 6.41 Å². The van der Waals surface area contributed by atoms with Gasteiger partial charge in [-0.05, 0) is 24.6 Å². The second-order valence-corrected chi connectivity index (χ2v) is 3.49. The summed E-state index contributed by atoms with van der Waals surface area (Å²) >= 11 is 11.6. The molecule has 2 nitrogen and oxygen atoms in total. The Balaban J connectivity index is 2.89. The van der Waals surface area contributed by atoms with Crippen LogP contribution in [0.2, 0.25) is 10.0 Å². The zero-order chi connectivity index (χ0) is 9.84. The third kappa shape index (κ3) is 2.61. The lowest BCUT2D eigenvalue weighted by atomic mass is 10.1. The molecule has 1 aromatic rings. The predicted octanol–water partition coefficient (Wildman–Crippen LogP) is 2.80. The largest absolute Gasteiger partial charge is 0.352 e. The Labute approximate surface area is 86.8 Å². The van der Waals surface area contributed by atoms with Crippen LogP contribution in [0.25, 0.3) is 0 Å². The van der Waals surface area contributed by atoms with E-state index in [0.717, 1.165) is 5.56 Å². The first kappa shape index (κ1) is 10.4. The van der Waals surface area contributed by atoms with Crippen molar-refractivity contribution in [2.45, 2.75) is 13.0 Å². The van der Waals surface area contributed by atoms with Gasteiger partial charge in [-0.15, -0.1) is 0 Å². The Morgan fingerprint density at radius 3 is 2.62 bits per heavy atom. The molecule has 4 heteroatoms. The normalized spacial score (nSPS) is 12.2. The fraction of sp³-hybridized carbons (Fsp3) is 0.222. The number of hydrogen-bond acceptors (Lipinski definition) is 1. The number of amides is 1. The van der Waals surface area contributed by atoms with E-state index in [2.05, 4.69) is 5.32 Å². The Kier molecular flexibility index (Phi) is 3.58. The average Bonchev–Trinajstić information content (AvgIpc) is 2.10. The van der Waals surface area contributed by atoms with Crippen LogP contribution in [0.4, 0.5) is 0 Å². The van der Waals surface area contributed by atoms with Gasteiger partial charge in [-0.1, -0.05) is 29.3 Å². The van der Waals surface area contributed by atoms with Crippen LogP contribution in [0, 0.1) is 0 Å². The van der Waals surface area contributed by atoms with Crippen LogP contribution >= 0.6 is 23.2 Å². The van der Waals surface area contributed by atoms with Crippen molar-refractivity contribution in [3.05, 3.63) is 33.8 Å². The summed E-state index contributed by atoms with van der Waals surface area (Å²) in [5.74, 6) is 0.